The molecule has 0 spiro atoms. The molecule has 2 aromatic heterocycles. The lowest BCUT2D eigenvalue weighted by atomic mass is 10.1. The molecule has 0 saturated heterocycles. The van der Waals surface area contributed by atoms with E-state index in [0.29, 0.717) is 6.54 Å². The van der Waals surface area contributed by atoms with E-state index in [0.717, 1.165) is 4.88 Å². The molecular weight excluding hydrogens is 300 g/mol. The van der Waals surface area contributed by atoms with Gasteiger partial charge in [-0.2, -0.15) is 5.10 Å². The van der Waals surface area contributed by atoms with Gasteiger partial charge in [-0.3, -0.25) is 14.3 Å². The minimum absolute atomic E-state index is 0.0336. The number of nitrogens with one attached hydrogen (secondary N) is 2. The summed E-state index contributed by atoms with van der Waals surface area (Å²) in [5.41, 5.74) is 0. The van der Waals surface area contributed by atoms with E-state index in [2.05, 4.69) is 15.7 Å². The average molecular weight is 320 g/mol. The van der Waals surface area contributed by atoms with Crippen molar-refractivity contribution in [3.05, 3.63) is 40.8 Å². The van der Waals surface area contributed by atoms with Gasteiger partial charge in [-0.1, -0.05) is 6.07 Å². The Hall–Kier alpha value is -2.15. The molecular formula is C15H20N4O2S. The quantitative estimate of drug-likeness (QED) is 0.815. The standard InChI is InChI=1S/C15H20N4O2S/c1-11(10-19-7-4-6-16-19)17-15(21)9-13(18-12(2)20)14-5-3-8-22-14/h3-8,11,13H,9-10H2,1-2H3,(H,17,21)(H,18,20)/t11-,13-/m1/s1. The second-order valence-corrected chi connectivity index (χ2v) is 6.15. The summed E-state index contributed by atoms with van der Waals surface area (Å²) in [4.78, 5) is 24.5. The van der Waals surface area contributed by atoms with Gasteiger partial charge < -0.3 is 10.6 Å². The zero-order valence-corrected chi connectivity index (χ0v) is 13.5. The number of nitrogens with zero attached hydrogens (tertiary/aromatic N) is 2. The van der Waals surface area contributed by atoms with Gasteiger partial charge in [0.25, 0.3) is 0 Å². The first-order valence-corrected chi connectivity index (χ1v) is 8.00. The molecule has 2 aromatic rings. The maximum absolute atomic E-state index is 12.2. The van der Waals surface area contributed by atoms with Crippen LogP contribution in [0.4, 0.5) is 0 Å². The third-order valence-corrected chi connectivity index (χ3v) is 4.07. The van der Waals surface area contributed by atoms with Crippen LogP contribution in [-0.2, 0) is 16.1 Å². The van der Waals surface area contributed by atoms with Gasteiger partial charge in [-0.15, -0.1) is 11.3 Å². The second-order valence-electron chi connectivity index (χ2n) is 5.17. The fourth-order valence-electron chi connectivity index (χ4n) is 2.21. The Morgan fingerprint density at radius 3 is 2.77 bits per heavy atom. The van der Waals surface area contributed by atoms with Crippen molar-refractivity contribution < 1.29 is 9.59 Å². The summed E-state index contributed by atoms with van der Waals surface area (Å²) in [6, 6.07) is 5.36. The largest absolute Gasteiger partial charge is 0.352 e. The van der Waals surface area contributed by atoms with E-state index < -0.39 is 0 Å². The summed E-state index contributed by atoms with van der Waals surface area (Å²) < 4.78 is 1.77. The highest BCUT2D eigenvalue weighted by molar-refractivity contribution is 7.10. The molecule has 0 radical (unpaired) electrons. The summed E-state index contributed by atoms with van der Waals surface area (Å²) in [6.45, 7) is 4.00. The van der Waals surface area contributed by atoms with Crippen molar-refractivity contribution in [2.24, 2.45) is 0 Å². The Kier molecular flexibility index (Phi) is 5.71. The molecule has 6 nitrogen and oxygen atoms in total. The minimum Gasteiger partial charge on any atom is -0.352 e. The van der Waals surface area contributed by atoms with Crippen LogP contribution in [-0.4, -0.2) is 27.6 Å². The normalized spacial score (nSPS) is 13.4. The van der Waals surface area contributed by atoms with Crippen LogP contribution in [0.3, 0.4) is 0 Å². The maximum atomic E-state index is 12.2. The Bertz CT molecular complexity index is 595. The molecule has 118 valence electrons. The van der Waals surface area contributed by atoms with Gasteiger partial charge in [-0.25, -0.2) is 0 Å². The topological polar surface area (TPSA) is 76.0 Å². The number of carbonyl (C=O) groups excluding carboxylic acids is 2. The molecule has 0 aliphatic heterocycles. The molecule has 0 fully saturated rings. The molecule has 2 atom stereocenters. The highest BCUT2D eigenvalue weighted by Crippen LogP contribution is 2.22. The molecule has 2 rings (SSSR count). The number of thiophene rings is 1. The number of rotatable bonds is 7. The third-order valence-electron chi connectivity index (χ3n) is 3.08. The molecule has 2 amide bonds. The third kappa shape index (κ3) is 5.00. The summed E-state index contributed by atoms with van der Waals surface area (Å²) in [5, 5.41) is 11.8. The van der Waals surface area contributed by atoms with Crippen molar-refractivity contribution in [3.8, 4) is 0 Å². The summed E-state index contributed by atoms with van der Waals surface area (Å²) >= 11 is 1.53. The summed E-state index contributed by atoms with van der Waals surface area (Å²) in [7, 11) is 0. The van der Waals surface area contributed by atoms with E-state index in [1.807, 2.05) is 36.7 Å². The fraction of sp³-hybridized carbons (Fsp3) is 0.400. The number of aromatic nitrogens is 2. The van der Waals surface area contributed by atoms with Gasteiger partial charge in [0.05, 0.1) is 19.0 Å². The molecule has 0 aliphatic rings. The smallest absolute Gasteiger partial charge is 0.222 e. The molecule has 22 heavy (non-hydrogen) atoms. The van der Waals surface area contributed by atoms with E-state index >= 15 is 0 Å². The lowest BCUT2D eigenvalue weighted by Gasteiger charge is -2.19. The van der Waals surface area contributed by atoms with Crippen LogP contribution < -0.4 is 10.6 Å². The predicted octanol–water partition coefficient (Wildman–Crippen LogP) is 1.72. The van der Waals surface area contributed by atoms with Crippen LogP contribution in [0.25, 0.3) is 0 Å². The van der Waals surface area contributed by atoms with Crippen molar-refractivity contribution in [2.45, 2.75) is 38.9 Å². The molecule has 0 bridgehead atoms. The molecule has 0 saturated carbocycles. The van der Waals surface area contributed by atoms with Crippen molar-refractivity contribution >= 4 is 23.2 Å². The molecule has 2 N–H and O–H groups in total. The van der Waals surface area contributed by atoms with Gasteiger partial charge in [-0.05, 0) is 24.4 Å². The first-order valence-electron chi connectivity index (χ1n) is 7.12. The van der Waals surface area contributed by atoms with Crippen molar-refractivity contribution in [2.75, 3.05) is 0 Å². The molecule has 0 aliphatic carbocycles. The average Bonchev–Trinajstić information content (AvgIpc) is 3.09. The lowest BCUT2D eigenvalue weighted by Crippen LogP contribution is -2.38. The van der Waals surface area contributed by atoms with E-state index in [4.69, 9.17) is 0 Å². The van der Waals surface area contributed by atoms with Crippen molar-refractivity contribution in [1.29, 1.82) is 0 Å². The lowest BCUT2D eigenvalue weighted by molar-refractivity contribution is -0.123. The number of hydrogen-bond acceptors (Lipinski definition) is 4. The predicted molar refractivity (Wildman–Crippen MR) is 85.3 cm³/mol. The fourth-order valence-corrected chi connectivity index (χ4v) is 2.99. The van der Waals surface area contributed by atoms with E-state index in [-0.39, 0.29) is 30.3 Å². The van der Waals surface area contributed by atoms with Gasteiger partial charge in [0, 0.05) is 30.2 Å². The Labute approximate surface area is 133 Å². The molecule has 0 aromatic carbocycles. The number of hydrogen-bond donors (Lipinski definition) is 2. The maximum Gasteiger partial charge on any atom is 0.222 e. The SMILES string of the molecule is CC(=O)N[C@H](CC(=O)N[C@H](C)Cn1cccn1)c1cccs1. The highest BCUT2D eigenvalue weighted by atomic mass is 32.1. The van der Waals surface area contributed by atoms with Crippen molar-refractivity contribution in [1.82, 2.24) is 20.4 Å². The van der Waals surface area contributed by atoms with Gasteiger partial charge in [0.1, 0.15) is 0 Å². The van der Waals surface area contributed by atoms with Crippen LogP contribution >= 0.6 is 11.3 Å². The number of amides is 2. The van der Waals surface area contributed by atoms with Crippen LogP contribution in [0.1, 0.15) is 31.2 Å². The monoisotopic (exact) mass is 320 g/mol. The van der Waals surface area contributed by atoms with Crippen molar-refractivity contribution in [3.63, 3.8) is 0 Å². The zero-order chi connectivity index (χ0) is 15.9. The van der Waals surface area contributed by atoms with Crippen LogP contribution in [0.5, 0.6) is 0 Å². The van der Waals surface area contributed by atoms with Gasteiger partial charge in [0.15, 0.2) is 0 Å². The molecule has 2 heterocycles. The van der Waals surface area contributed by atoms with E-state index in [9.17, 15) is 9.59 Å². The molecule has 0 unspecified atom stereocenters. The van der Waals surface area contributed by atoms with Gasteiger partial charge in [0.2, 0.25) is 11.8 Å². The highest BCUT2D eigenvalue weighted by Gasteiger charge is 2.19. The van der Waals surface area contributed by atoms with Crippen LogP contribution in [0.15, 0.2) is 36.0 Å². The Morgan fingerprint density at radius 2 is 2.18 bits per heavy atom. The Balaban J connectivity index is 1.89. The van der Waals surface area contributed by atoms with Crippen LogP contribution in [0, 0.1) is 0 Å². The molecule has 7 heteroatoms. The van der Waals surface area contributed by atoms with E-state index in [1.54, 1.807) is 10.9 Å². The summed E-state index contributed by atoms with van der Waals surface area (Å²) in [6.07, 6.45) is 3.79. The first kappa shape index (κ1) is 16.2. The Morgan fingerprint density at radius 1 is 1.36 bits per heavy atom. The first-order chi connectivity index (χ1) is 10.5. The van der Waals surface area contributed by atoms with Crippen LogP contribution in [0.2, 0.25) is 0 Å². The number of carbonyl (C=O) groups is 2. The second kappa shape index (κ2) is 7.74. The van der Waals surface area contributed by atoms with E-state index in [1.165, 1.54) is 18.3 Å². The van der Waals surface area contributed by atoms with Gasteiger partial charge >= 0.3 is 0 Å². The summed E-state index contributed by atoms with van der Waals surface area (Å²) in [5.74, 6) is -0.234. The zero-order valence-electron chi connectivity index (χ0n) is 12.7. The minimum atomic E-state index is -0.283.